The summed E-state index contributed by atoms with van der Waals surface area (Å²) in [5.41, 5.74) is 2.68. The molecular weight excluding hydrogens is 345 g/mol. The van der Waals surface area contributed by atoms with Crippen LogP contribution in [0.2, 0.25) is 10.2 Å². The van der Waals surface area contributed by atoms with E-state index in [9.17, 15) is 4.79 Å². The van der Waals surface area contributed by atoms with E-state index < -0.39 is 0 Å². The van der Waals surface area contributed by atoms with E-state index in [1.54, 1.807) is 18.3 Å². The number of hydrogen-bond acceptors (Lipinski definition) is 3. The molecule has 3 heterocycles. The van der Waals surface area contributed by atoms with Gasteiger partial charge < -0.3 is 10.2 Å². The van der Waals surface area contributed by atoms with Gasteiger partial charge in [-0.25, -0.2) is 4.98 Å². The molecule has 1 aromatic carbocycles. The molecule has 0 aliphatic carbocycles. The average molecular weight is 362 g/mol. The van der Waals surface area contributed by atoms with Crippen molar-refractivity contribution in [2.24, 2.45) is 0 Å². The van der Waals surface area contributed by atoms with Crippen LogP contribution < -0.4 is 10.2 Å². The highest BCUT2D eigenvalue weighted by Crippen LogP contribution is 2.47. The van der Waals surface area contributed by atoms with Gasteiger partial charge in [0.05, 0.1) is 0 Å². The minimum Gasteiger partial charge on any atom is -0.317 e. The molecule has 1 saturated heterocycles. The highest BCUT2D eigenvalue weighted by atomic mass is 35.5. The molecule has 0 saturated carbocycles. The van der Waals surface area contributed by atoms with Crippen LogP contribution in [0.5, 0.6) is 0 Å². The van der Waals surface area contributed by atoms with Crippen LogP contribution >= 0.6 is 23.2 Å². The number of halogens is 2. The maximum absolute atomic E-state index is 13.1. The topological polar surface area (TPSA) is 45.2 Å². The molecule has 2 aliphatic rings. The molecule has 0 radical (unpaired) electrons. The Morgan fingerprint density at radius 1 is 1.17 bits per heavy atom. The maximum atomic E-state index is 13.1. The van der Waals surface area contributed by atoms with Gasteiger partial charge in [0.1, 0.15) is 5.15 Å². The van der Waals surface area contributed by atoms with E-state index in [0.717, 1.165) is 31.6 Å². The van der Waals surface area contributed by atoms with Crippen LogP contribution in [0, 0.1) is 0 Å². The number of piperidine rings is 1. The number of anilines is 1. The first-order valence-corrected chi connectivity index (χ1v) is 8.79. The molecule has 4 nitrogen and oxygen atoms in total. The first kappa shape index (κ1) is 15.9. The molecule has 2 aliphatic heterocycles. The number of nitrogens with zero attached hydrogens (tertiary/aromatic N) is 2. The summed E-state index contributed by atoms with van der Waals surface area (Å²) in [6, 6.07) is 9.15. The predicted molar refractivity (Wildman–Crippen MR) is 96.2 cm³/mol. The summed E-state index contributed by atoms with van der Waals surface area (Å²) in [4.78, 5) is 18.9. The van der Waals surface area contributed by atoms with Crippen molar-refractivity contribution >= 4 is 34.8 Å². The summed E-state index contributed by atoms with van der Waals surface area (Å²) in [5, 5.41) is 4.44. The second-order valence-corrected chi connectivity index (χ2v) is 7.27. The molecule has 2 aromatic rings. The van der Waals surface area contributed by atoms with Gasteiger partial charge in [-0.2, -0.15) is 0 Å². The fourth-order valence-corrected chi connectivity index (χ4v) is 4.19. The Bertz CT molecular complexity index is 803. The standard InChI is InChI=1S/C18H17Cl2N3O/c19-13-1-2-15-14(10-13)18(4-7-21-8-5-18)11-23(15)17(24)12-3-6-22-16(20)9-12/h1-3,6,9-10,21H,4-5,7-8,11H2. The number of carbonyl (C=O) groups is 1. The van der Waals surface area contributed by atoms with Gasteiger partial charge in [-0.05, 0) is 61.8 Å². The van der Waals surface area contributed by atoms with Gasteiger partial charge in [0.25, 0.3) is 5.91 Å². The maximum Gasteiger partial charge on any atom is 0.258 e. The Labute approximate surface area is 150 Å². The van der Waals surface area contributed by atoms with Gasteiger partial charge in [0.15, 0.2) is 0 Å². The minimum atomic E-state index is -0.0433. The lowest BCUT2D eigenvalue weighted by Crippen LogP contribution is -2.44. The second-order valence-electron chi connectivity index (χ2n) is 6.45. The molecule has 6 heteroatoms. The number of aromatic nitrogens is 1. The van der Waals surface area contributed by atoms with E-state index >= 15 is 0 Å². The van der Waals surface area contributed by atoms with Crippen molar-refractivity contribution in [3.05, 3.63) is 57.8 Å². The average Bonchev–Trinajstić information content (AvgIpc) is 2.88. The van der Waals surface area contributed by atoms with E-state index in [1.165, 1.54) is 5.56 Å². The van der Waals surface area contributed by atoms with Crippen LogP contribution in [-0.2, 0) is 5.41 Å². The summed E-state index contributed by atoms with van der Waals surface area (Å²) >= 11 is 12.2. The summed E-state index contributed by atoms with van der Waals surface area (Å²) in [7, 11) is 0. The van der Waals surface area contributed by atoms with Crippen molar-refractivity contribution in [2.45, 2.75) is 18.3 Å². The van der Waals surface area contributed by atoms with Gasteiger partial charge in [-0.1, -0.05) is 23.2 Å². The van der Waals surface area contributed by atoms with E-state index in [-0.39, 0.29) is 11.3 Å². The normalized spacial score (nSPS) is 18.7. The van der Waals surface area contributed by atoms with Gasteiger partial charge >= 0.3 is 0 Å². The van der Waals surface area contributed by atoms with Crippen LogP contribution in [-0.4, -0.2) is 30.5 Å². The van der Waals surface area contributed by atoms with E-state index in [0.29, 0.717) is 22.3 Å². The molecule has 124 valence electrons. The second kappa shape index (κ2) is 6.03. The molecule has 1 aromatic heterocycles. The van der Waals surface area contributed by atoms with Crippen LogP contribution in [0.15, 0.2) is 36.5 Å². The molecule has 1 spiro atoms. The van der Waals surface area contributed by atoms with Crippen LogP contribution in [0.3, 0.4) is 0 Å². The molecule has 1 amide bonds. The lowest BCUT2D eigenvalue weighted by Gasteiger charge is -2.34. The van der Waals surface area contributed by atoms with Crippen molar-refractivity contribution in [1.82, 2.24) is 10.3 Å². The third-order valence-electron chi connectivity index (χ3n) is 5.06. The molecule has 0 unspecified atom stereocenters. The first-order valence-electron chi connectivity index (χ1n) is 8.03. The van der Waals surface area contributed by atoms with Crippen molar-refractivity contribution in [3.63, 3.8) is 0 Å². The smallest absolute Gasteiger partial charge is 0.258 e. The molecule has 0 bridgehead atoms. The molecule has 24 heavy (non-hydrogen) atoms. The Morgan fingerprint density at radius 2 is 1.96 bits per heavy atom. The lowest BCUT2D eigenvalue weighted by atomic mass is 9.75. The highest BCUT2D eigenvalue weighted by Gasteiger charge is 2.45. The van der Waals surface area contributed by atoms with Gasteiger partial charge in [0.2, 0.25) is 0 Å². The van der Waals surface area contributed by atoms with Gasteiger partial charge in [0, 0.05) is 34.4 Å². The van der Waals surface area contributed by atoms with Crippen molar-refractivity contribution in [3.8, 4) is 0 Å². The number of amides is 1. The molecular formula is C18H17Cl2N3O. The Balaban J connectivity index is 1.77. The van der Waals surface area contributed by atoms with E-state index in [1.807, 2.05) is 23.1 Å². The van der Waals surface area contributed by atoms with Crippen molar-refractivity contribution in [1.29, 1.82) is 0 Å². The number of rotatable bonds is 1. The zero-order valence-electron chi connectivity index (χ0n) is 13.1. The largest absolute Gasteiger partial charge is 0.317 e. The molecule has 1 N–H and O–H groups in total. The lowest BCUT2D eigenvalue weighted by molar-refractivity contribution is 0.0982. The van der Waals surface area contributed by atoms with E-state index in [2.05, 4.69) is 10.3 Å². The van der Waals surface area contributed by atoms with Gasteiger partial charge in [-0.3, -0.25) is 4.79 Å². The highest BCUT2D eigenvalue weighted by molar-refractivity contribution is 6.31. The third-order valence-corrected chi connectivity index (χ3v) is 5.50. The van der Waals surface area contributed by atoms with Crippen LogP contribution in [0.4, 0.5) is 5.69 Å². The number of hydrogen-bond donors (Lipinski definition) is 1. The molecule has 4 rings (SSSR count). The Morgan fingerprint density at radius 3 is 2.71 bits per heavy atom. The minimum absolute atomic E-state index is 0.0159. The first-order chi connectivity index (χ1) is 11.6. The SMILES string of the molecule is O=C(c1ccnc(Cl)c1)N1CC2(CCNCC2)c2cc(Cl)ccc21. The zero-order chi connectivity index (χ0) is 16.7. The Hall–Kier alpha value is -1.62. The molecule has 0 atom stereocenters. The number of carbonyl (C=O) groups excluding carboxylic acids is 1. The van der Waals surface area contributed by atoms with Crippen molar-refractivity contribution in [2.75, 3.05) is 24.5 Å². The van der Waals surface area contributed by atoms with Gasteiger partial charge in [-0.15, -0.1) is 0 Å². The Kier molecular flexibility index (Phi) is 3.99. The number of fused-ring (bicyclic) bond motifs is 2. The summed E-state index contributed by atoms with van der Waals surface area (Å²) in [6.07, 6.45) is 3.57. The quantitative estimate of drug-likeness (QED) is 0.788. The fourth-order valence-electron chi connectivity index (χ4n) is 3.85. The summed E-state index contributed by atoms with van der Waals surface area (Å²) in [6.45, 7) is 2.59. The summed E-state index contributed by atoms with van der Waals surface area (Å²) < 4.78 is 0. The zero-order valence-corrected chi connectivity index (χ0v) is 14.6. The number of pyridine rings is 1. The van der Waals surface area contributed by atoms with Crippen molar-refractivity contribution < 1.29 is 4.79 Å². The van der Waals surface area contributed by atoms with E-state index in [4.69, 9.17) is 23.2 Å². The third kappa shape index (κ3) is 2.59. The fraction of sp³-hybridized carbons (Fsp3) is 0.333. The predicted octanol–water partition coefficient (Wildman–Crippen LogP) is 3.67. The van der Waals surface area contributed by atoms with Crippen LogP contribution in [0.25, 0.3) is 0 Å². The number of nitrogens with one attached hydrogen (secondary N) is 1. The summed E-state index contributed by atoms with van der Waals surface area (Å²) in [5.74, 6) is -0.0433. The molecule has 1 fully saturated rings. The number of benzene rings is 1. The monoisotopic (exact) mass is 361 g/mol. The van der Waals surface area contributed by atoms with Crippen LogP contribution in [0.1, 0.15) is 28.8 Å².